The largest absolute Gasteiger partial charge is 0.457 e. The van der Waals surface area contributed by atoms with Gasteiger partial charge >= 0.3 is 5.97 Å². The summed E-state index contributed by atoms with van der Waals surface area (Å²) in [6.07, 6.45) is 2.54. The van der Waals surface area contributed by atoms with Crippen LogP contribution in [0.25, 0.3) is 0 Å². The van der Waals surface area contributed by atoms with Gasteiger partial charge in [0.05, 0.1) is 0 Å². The van der Waals surface area contributed by atoms with Gasteiger partial charge in [0.2, 0.25) is 5.91 Å². The molecule has 0 unspecified atom stereocenters. The Bertz CT molecular complexity index is 759. The average Bonchev–Trinajstić information content (AvgIpc) is 2.60. The lowest BCUT2D eigenvalue weighted by atomic mass is 10.1. The number of primary amides is 1. The second-order valence-corrected chi connectivity index (χ2v) is 5.91. The molecule has 2 N–H and O–H groups in total. The third-order valence-corrected chi connectivity index (χ3v) is 3.62. The number of amides is 1. The molecule has 0 aromatic heterocycles. The van der Waals surface area contributed by atoms with Crippen LogP contribution >= 0.6 is 0 Å². The van der Waals surface area contributed by atoms with Crippen LogP contribution in [-0.2, 0) is 16.0 Å². The molecule has 1 amide bonds. The molecule has 0 fully saturated rings. The third kappa shape index (κ3) is 6.55. The van der Waals surface area contributed by atoms with Gasteiger partial charge in [-0.25, -0.2) is 4.39 Å². The van der Waals surface area contributed by atoms with E-state index < -0.39 is 5.91 Å². The summed E-state index contributed by atoms with van der Waals surface area (Å²) in [6, 6.07) is 10.6. The van der Waals surface area contributed by atoms with E-state index in [1.807, 2.05) is 6.92 Å². The van der Waals surface area contributed by atoms with Crippen molar-refractivity contribution >= 4 is 11.9 Å². The highest BCUT2D eigenvalue weighted by molar-refractivity contribution is 5.74. The first kappa shape index (κ1) is 19.4. The zero-order chi connectivity index (χ0) is 18.9. The van der Waals surface area contributed by atoms with Gasteiger partial charge in [0.1, 0.15) is 23.1 Å². The van der Waals surface area contributed by atoms with Crippen molar-refractivity contribution in [1.29, 1.82) is 0 Å². The molecule has 26 heavy (non-hydrogen) atoms. The summed E-state index contributed by atoms with van der Waals surface area (Å²) in [5.41, 5.74) is 5.95. The number of aryl methyl sites for hydroxylation is 1. The summed E-state index contributed by atoms with van der Waals surface area (Å²) < 4.78 is 24.1. The lowest BCUT2D eigenvalue weighted by molar-refractivity contribution is -0.134. The Kier molecular flexibility index (Phi) is 7.14. The first-order chi connectivity index (χ1) is 12.5. The van der Waals surface area contributed by atoms with Crippen molar-refractivity contribution in [3.63, 3.8) is 0 Å². The van der Waals surface area contributed by atoms with Crippen molar-refractivity contribution in [3.05, 3.63) is 53.8 Å². The number of carbonyl (C=O) groups excluding carboxylic acids is 2. The van der Waals surface area contributed by atoms with E-state index in [2.05, 4.69) is 0 Å². The molecule has 0 aliphatic heterocycles. The molecule has 138 valence electrons. The summed E-state index contributed by atoms with van der Waals surface area (Å²) in [7, 11) is 0. The molecule has 0 spiro atoms. The quantitative estimate of drug-likeness (QED) is 0.539. The molecule has 2 rings (SSSR count). The van der Waals surface area contributed by atoms with Crippen molar-refractivity contribution in [1.82, 2.24) is 0 Å². The predicted molar refractivity (Wildman–Crippen MR) is 95.6 cm³/mol. The second kappa shape index (κ2) is 9.56. The number of ether oxygens (including phenoxy) is 2. The van der Waals surface area contributed by atoms with E-state index in [9.17, 15) is 14.0 Å². The molecule has 0 bridgehead atoms. The van der Waals surface area contributed by atoms with Crippen LogP contribution in [-0.4, -0.2) is 11.9 Å². The van der Waals surface area contributed by atoms with Crippen LogP contribution in [0.4, 0.5) is 4.39 Å². The summed E-state index contributed by atoms with van der Waals surface area (Å²) in [5.74, 6) is 0.102. The Morgan fingerprint density at radius 2 is 1.69 bits per heavy atom. The van der Waals surface area contributed by atoms with E-state index in [1.54, 1.807) is 18.2 Å². The van der Waals surface area contributed by atoms with Crippen molar-refractivity contribution in [2.45, 2.75) is 39.0 Å². The fourth-order valence-corrected chi connectivity index (χ4v) is 2.30. The second-order valence-electron chi connectivity index (χ2n) is 5.91. The summed E-state index contributed by atoms with van der Waals surface area (Å²) in [4.78, 5) is 22.9. The van der Waals surface area contributed by atoms with Crippen LogP contribution in [0.3, 0.4) is 0 Å². The maximum Gasteiger partial charge on any atom is 0.311 e. The Morgan fingerprint density at radius 1 is 1.00 bits per heavy atom. The number of benzene rings is 2. The van der Waals surface area contributed by atoms with E-state index >= 15 is 0 Å². The number of halogens is 1. The third-order valence-electron chi connectivity index (χ3n) is 3.62. The lowest BCUT2D eigenvalue weighted by Crippen LogP contribution is -2.11. The number of hydrogen-bond donors (Lipinski definition) is 1. The van der Waals surface area contributed by atoms with Crippen molar-refractivity contribution in [2.75, 3.05) is 0 Å². The molecule has 0 aliphatic rings. The zero-order valence-electron chi connectivity index (χ0n) is 14.7. The molecule has 0 saturated carbocycles. The summed E-state index contributed by atoms with van der Waals surface area (Å²) in [5, 5.41) is 0. The molecule has 2 aromatic carbocycles. The minimum absolute atomic E-state index is 0.170. The molecular weight excluding hydrogens is 337 g/mol. The number of carbonyl (C=O) groups is 2. The number of nitrogens with two attached hydrogens (primary N) is 1. The normalized spacial score (nSPS) is 10.4. The van der Waals surface area contributed by atoms with Gasteiger partial charge in [0.25, 0.3) is 0 Å². The fraction of sp³-hybridized carbons (Fsp3) is 0.300. The van der Waals surface area contributed by atoms with Gasteiger partial charge in [-0.3, -0.25) is 9.59 Å². The molecule has 0 aliphatic carbocycles. The van der Waals surface area contributed by atoms with E-state index in [0.717, 1.165) is 18.4 Å². The van der Waals surface area contributed by atoms with E-state index in [1.165, 1.54) is 24.3 Å². The lowest BCUT2D eigenvalue weighted by Gasteiger charge is -2.11. The van der Waals surface area contributed by atoms with E-state index in [-0.39, 0.29) is 18.2 Å². The SMILES string of the molecule is CCCCC(=O)Oc1cc(CCC(N)=O)cc(Oc2ccc(F)cc2)c1. The minimum Gasteiger partial charge on any atom is -0.457 e. The van der Waals surface area contributed by atoms with Gasteiger partial charge in [-0.1, -0.05) is 13.3 Å². The van der Waals surface area contributed by atoms with E-state index in [0.29, 0.717) is 30.1 Å². The van der Waals surface area contributed by atoms with Crippen LogP contribution in [0.5, 0.6) is 17.2 Å². The van der Waals surface area contributed by atoms with Crippen molar-refractivity contribution in [3.8, 4) is 17.2 Å². The molecular formula is C20H22FNO4. The predicted octanol–water partition coefficient (Wildman–Crippen LogP) is 4.13. The molecule has 0 atom stereocenters. The Hall–Kier alpha value is -2.89. The first-order valence-electron chi connectivity index (χ1n) is 8.52. The smallest absolute Gasteiger partial charge is 0.311 e. The molecule has 2 aromatic rings. The number of rotatable bonds is 9. The summed E-state index contributed by atoms with van der Waals surface area (Å²) in [6.45, 7) is 1.99. The maximum absolute atomic E-state index is 13.0. The Morgan fingerprint density at radius 3 is 2.35 bits per heavy atom. The summed E-state index contributed by atoms with van der Waals surface area (Å²) >= 11 is 0. The Labute approximate surface area is 151 Å². The Balaban J connectivity index is 2.19. The van der Waals surface area contributed by atoms with Crippen molar-refractivity contribution in [2.24, 2.45) is 5.73 Å². The highest BCUT2D eigenvalue weighted by Crippen LogP contribution is 2.28. The monoisotopic (exact) mass is 359 g/mol. The molecule has 5 nitrogen and oxygen atoms in total. The fourth-order valence-electron chi connectivity index (χ4n) is 2.30. The number of esters is 1. The van der Waals surface area contributed by atoms with E-state index in [4.69, 9.17) is 15.2 Å². The van der Waals surface area contributed by atoms with Gasteiger partial charge in [0, 0.05) is 18.9 Å². The molecule has 0 saturated heterocycles. The van der Waals surface area contributed by atoms with Crippen LogP contribution in [0.15, 0.2) is 42.5 Å². The molecule has 6 heteroatoms. The molecule has 0 heterocycles. The zero-order valence-corrected chi connectivity index (χ0v) is 14.7. The average molecular weight is 359 g/mol. The van der Waals surface area contributed by atoms with Gasteiger partial charge in [-0.15, -0.1) is 0 Å². The first-order valence-corrected chi connectivity index (χ1v) is 8.52. The highest BCUT2D eigenvalue weighted by atomic mass is 19.1. The van der Waals surface area contributed by atoms with Gasteiger partial charge < -0.3 is 15.2 Å². The maximum atomic E-state index is 13.0. The van der Waals surface area contributed by atoms with Gasteiger partial charge in [0.15, 0.2) is 0 Å². The number of hydrogen-bond acceptors (Lipinski definition) is 4. The van der Waals surface area contributed by atoms with Crippen LogP contribution < -0.4 is 15.2 Å². The van der Waals surface area contributed by atoms with Crippen LogP contribution in [0.1, 0.15) is 38.2 Å². The topological polar surface area (TPSA) is 78.6 Å². The number of unbranched alkanes of at least 4 members (excludes halogenated alkanes) is 1. The standard InChI is InChI=1S/C20H22FNO4/c1-2-3-4-20(24)26-18-12-14(5-10-19(22)23)11-17(13-18)25-16-8-6-15(21)7-9-16/h6-9,11-13H,2-5,10H2,1H3,(H2,22,23). The van der Waals surface area contributed by atoms with Crippen molar-refractivity contribution < 1.29 is 23.5 Å². The van der Waals surface area contributed by atoms with Crippen LogP contribution in [0, 0.1) is 5.82 Å². The minimum atomic E-state index is -0.420. The highest BCUT2D eigenvalue weighted by Gasteiger charge is 2.10. The van der Waals surface area contributed by atoms with Crippen LogP contribution in [0.2, 0.25) is 0 Å². The van der Waals surface area contributed by atoms with Gasteiger partial charge in [-0.05, 0) is 54.8 Å². The van der Waals surface area contributed by atoms with Gasteiger partial charge in [-0.2, -0.15) is 0 Å². The molecule has 0 radical (unpaired) electrons.